The van der Waals surface area contributed by atoms with E-state index in [1.165, 1.54) is 11.1 Å². The third-order valence-corrected chi connectivity index (χ3v) is 2.98. The van der Waals surface area contributed by atoms with Crippen LogP contribution in [-0.2, 0) is 4.79 Å². The molecule has 0 fully saturated rings. The minimum Gasteiger partial charge on any atom is -0.318 e. The fourth-order valence-electron chi connectivity index (χ4n) is 1.88. The molecular weight excluding hydrogens is 198 g/mol. The van der Waals surface area contributed by atoms with Crippen LogP contribution in [0.15, 0.2) is 18.2 Å². The van der Waals surface area contributed by atoms with Gasteiger partial charge in [-0.05, 0) is 29.5 Å². The molecule has 1 aromatic carbocycles. The van der Waals surface area contributed by atoms with E-state index in [9.17, 15) is 4.79 Å². The van der Waals surface area contributed by atoms with Crippen molar-refractivity contribution in [1.82, 2.24) is 0 Å². The van der Waals surface area contributed by atoms with Crippen LogP contribution in [0, 0.1) is 6.92 Å². The molecule has 0 heterocycles. The Bertz CT molecular complexity index is 382. The molecule has 0 saturated carbocycles. The van der Waals surface area contributed by atoms with E-state index in [4.69, 9.17) is 5.73 Å². The maximum absolute atomic E-state index is 11.6. The number of Topliss-reactive ketones (excluding diaryl/α,β-unsaturated/α-hetero) is 1. The summed E-state index contributed by atoms with van der Waals surface area (Å²) >= 11 is 0. The highest BCUT2D eigenvalue weighted by molar-refractivity contribution is 5.84. The van der Waals surface area contributed by atoms with Gasteiger partial charge in [-0.1, -0.05) is 39.0 Å². The predicted octanol–water partition coefficient (Wildman–Crippen LogP) is 3.10. The lowest BCUT2D eigenvalue weighted by molar-refractivity contribution is -0.120. The first-order chi connectivity index (χ1) is 7.47. The van der Waals surface area contributed by atoms with Crippen molar-refractivity contribution in [3.05, 3.63) is 34.9 Å². The molecular formula is C14H21NO. The Morgan fingerprint density at radius 2 is 2.00 bits per heavy atom. The number of carbonyl (C=O) groups excluding carboxylic acids is 1. The molecule has 0 aliphatic heterocycles. The Morgan fingerprint density at radius 1 is 1.38 bits per heavy atom. The molecule has 2 heteroatoms. The number of ketones is 1. The lowest BCUT2D eigenvalue weighted by Gasteiger charge is -2.15. The molecule has 0 bridgehead atoms. The van der Waals surface area contributed by atoms with Crippen LogP contribution >= 0.6 is 0 Å². The number of hydrogen-bond donors (Lipinski definition) is 1. The van der Waals surface area contributed by atoms with Crippen LogP contribution in [0.5, 0.6) is 0 Å². The molecule has 2 nitrogen and oxygen atoms in total. The fraction of sp³-hybridized carbons (Fsp3) is 0.500. The van der Waals surface area contributed by atoms with E-state index in [-0.39, 0.29) is 5.78 Å². The van der Waals surface area contributed by atoms with Crippen LogP contribution in [0.3, 0.4) is 0 Å². The van der Waals surface area contributed by atoms with E-state index in [0.717, 1.165) is 5.56 Å². The second-order valence-corrected chi connectivity index (χ2v) is 4.57. The van der Waals surface area contributed by atoms with Crippen molar-refractivity contribution in [2.24, 2.45) is 5.73 Å². The summed E-state index contributed by atoms with van der Waals surface area (Å²) < 4.78 is 0. The molecule has 1 aromatic rings. The smallest absolute Gasteiger partial charge is 0.153 e. The Balaban J connectivity index is 3.07. The van der Waals surface area contributed by atoms with Crippen molar-refractivity contribution in [1.29, 1.82) is 0 Å². The Kier molecular flexibility index (Phi) is 4.25. The highest BCUT2D eigenvalue weighted by Crippen LogP contribution is 2.23. The van der Waals surface area contributed by atoms with Crippen LogP contribution in [-0.4, -0.2) is 5.78 Å². The van der Waals surface area contributed by atoms with Gasteiger partial charge >= 0.3 is 0 Å². The van der Waals surface area contributed by atoms with E-state index < -0.39 is 6.04 Å². The van der Waals surface area contributed by atoms with Gasteiger partial charge < -0.3 is 5.73 Å². The van der Waals surface area contributed by atoms with Crippen molar-refractivity contribution in [2.75, 3.05) is 0 Å². The molecule has 0 radical (unpaired) electrons. The van der Waals surface area contributed by atoms with Crippen LogP contribution in [0.1, 0.15) is 55.8 Å². The van der Waals surface area contributed by atoms with Crippen molar-refractivity contribution >= 4 is 5.78 Å². The van der Waals surface area contributed by atoms with Gasteiger partial charge in [-0.25, -0.2) is 0 Å². The van der Waals surface area contributed by atoms with E-state index in [2.05, 4.69) is 26.8 Å². The number of aryl methyl sites for hydroxylation is 1. The average molecular weight is 219 g/mol. The zero-order valence-electron chi connectivity index (χ0n) is 10.6. The lowest BCUT2D eigenvalue weighted by Crippen LogP contribution is -2.20. The molecule has 0 aromatic heterocycles. The summed E-state index contributed by atoms with van der Waals surface area (Å²) in [6.07, 6.45) is 0.492. The topological polar surface area (TPSA) is 43.1 Å². The third-order valence-electron chi connectivity index (χ3n) is 2.98. The van der Waals surface area contributed by atoms with Gasteiger partial charge in [0.05, 0.1) is 6.04 Å². The first-order valence-electron chi connectivity index (χ1n) is 5.86. The molecule has 16 heavy (non-hydrogen) atoms. The summed E-state index contributed by atoms with van der Waals surface area (Å²) in [5, 5.41) is 0. The first-order valence-corrected chi connectivity index (χ1v) is 5.86. The quantitative estimate of drug-likeness (QED) is 0.845. The van der Waals surface area contributed by atoms with Crippen LogP contribution in [0.25, 0.3) is 0 Å². The minimum atomic E-state index is -0.469. The van der Waals surface area contributed by atoms with Gasteiger partial charge in [0.25, 0.3) is 0 Å². The summed E-state index contributed by atoms with van der Waals surface area (Å²) in [6.45, 7) is 8.24. The largest absolute Gasteiger partial charge is 0.318 e. The van der Waals surface area contributed by atoms with E-state index in [1.807, 2.05) is 19.1 Å². The number of hydrogen-bond acceptors (Lipinski definition) is 2. The monoisotopic (exact) mass is 219 g/mol. The number of rotatable bonds is 4. The molecule has 1 atom stereocenters. The summed E-state index contributed by atoms with van der Waals surface area (Å²) in [7, 11) is 0. The van der Waals surface area contributed by atoms with Crippen molar-refractivity contribution in [2.45, 2.75) is 46.1 Å². The van der Waals surface area contributed by atoms with E-state index >= 15 is 0 Å². The lowest BCUT2D eigenvalue weighted by atomic mass is 9.92. The summed E-state index contributed by atoms with van der Waals surface area (Å²) in [5.74, 6) is 0.558. The molecule has 0 saturated heterocycles. The molecule has 1 rings (SSSR count). The zero-order chi connectivity index (χ0) is 12.3. The van der Waals surface area contributed by atoms with Gasteiger partial charge in [0.1, 0.15) is 0 Å². The van der Waals surface area contributed by atoms with Crippen molar-refractivity contribution in [3.63, 3.8) is 0 Å². The average Bonchev–Trinajstić information content (AvgIpc) is 2.27. The van der Waals surface area contributed by atoms with Gasteiger partial charge in [-0.3, -0.25) is 4.79 Å². The highest BCUT2D eigenvalue weighted by Gasteiger charge is 2.15. The molecule has 2 N–H and O–H groups in total. The van der Waals surface area contributed by atoms with E-state index in [1.54, 1.807) is 0 Å². The summed E-state index contributed by atoms with van der Waals surface area (Å²) in [4.78, 5) is 11.6. The highest BCUT2D eigenvalue weighted by atomic mass is 16.1. The van der Waals surface area contributed by atoms with Crippen LogP contribution in [0.4, 0.5) is 0 Å². The molecule has 0 amide bonds. The van der Waals surface area contributed by atoms with Crippen LogP contribution in [0.2, 0.25) is 0 Å². The minimum absolute atomic E-state index is 0.0959. The Hall–Kier alpha value is -1.15. The second-order valence-electron chi connectivity index (χ2n) is 4.57. The SMILES string of the molecule is CCC(=O)[C@@H](N)c1ccc(C)c(C(C)C)c1. The zero-order valence-corrected chi connectivity index (χ0v) is 10.6. The maximum Gasteiger partial charge on any atom is 0.153 e. The van der Waals surface area contributed by atoms with Crippen LogP contribution < -0.4 is 5.73 Å². The summed E-state index contributed by atoms with van der Waals surface area (Å²) in [6, 6.07) is 5.61. The van der Waals surface area contributed by atoms with E-state index in [0.29, 0.717) is 12.3 Å². The van der Waals surface area contributed by atoms with Gasteiger partial charge in [0.15, 0.2) is 5.78 Å². The van der Waals surface area contributed by atoms with Gasteiger partial charge in [0.2, 0.25) is 0 Å². The fourth-order valence-corrected chi connectivity index (χ4v) is 1.88. The second kappa shape index (κ2) is 5.26. The van der Waals surface area contributed by atoms with Gasteiger partial charge in [0, 0.05) is 6.42 Å². The predicted molar refractivity (Wildman–Crippen MR) is 67.5 cm³/mol. The number of benzene rings is 1. The molecule has 0 aliphatic carbocycles. The first kappa shape index (κ1) is 12.9. The molecule has 0 unspecified atom stereocenters. The molecule has 88 valence electrons. The summed E-state index contributed by atoms with van der Waals surface area (Å²) in [5.41, 5.74) is 9.38. The van der Waals surface area contributed by atoms with Gasteiger partial charge in [-0.2, -0.15) is 0 Å². The van der Waals surface area contributed by atoms with Crippen molar-refractivity contribution in [3.8, 4) is 0 Å². The molecule has 0 spiro atoms. The Morgan fingerprint density at radius 3 is 2.50 bits per heavy atom. The number of carbonyl (C=O) groups is 1. The van der Waals surface area contributed by atoms with Gasteiger partial charge in [-0.15, -0.1) is 0 Å². The maximum atomic E-state index is 11.6. The third kappa shape index (κ3) is 2.70. The van der Waals surface area contributed by atoms with Crippen molar-refractivity contribution < 1.29 is 4.79 Å². The number of nitrogens with two attached hydrogens (primary N) is 1. The molecule has 0 aliphatic rings. The Labute approximate surface area is 97.9 Å². The normalized spacial score (nSPS) is 12.9. The standard InChI is InChI=1S/C14H21NO/c1-5-13(16)14(15)11-7-6-10(4)12(8-11)9(2)3/h6-9,14H,5,15H2,1-4H3/t14-/m0/s1.